The van der Waals surface area contributed by atoms with Gasteiger partial charge in [0.05, 0.1) is 16.8 Å². The summed E-state index contributed by atoms with van der Waals surface area (Å²) >= 11 is 7.72. The minimum atomic E-state index is -0.250. The number of hydrogen-bond acceptors (Lipinski definition) is 6. The second-order valence-electron chi connectivity index (χ2n) is 6.83. The van der Waals surface area contributed by atoms with E-state index in [9.17, 15) is 4.79 Å². The van der Waals surface area contributed by atoms with Crippen LogP contribution < -0.4 is 9.64 Å². The van der Waals surface area contributed by atoms with Crippen LogP contribution in [0.4, 0.5) is 5.13 Å². The summed E-state index contributed by atoms with van der Waals surface area (Å²) < 4.78 is 12.2. The summed E-state index contributed by atoms with van der Waals surface area (Å²) in [6.45, 7) is 1.15. The first-order valence-electron chi connectivity index (χ1n) is 9.06. The van der Waals surface area contributed by atoms with E-state index in [4.69, 9.17) is 20.8 Å². The molecule has 0 N–H and O–H groups in total. The predicted octanol–water partition coefficient (Wildman–Crippen LogP) is 4.91. The fourth-order valence-corrected chi connectivity index (χ4v) is 4.33. The number of hydrogen-bond donors (Lipinski definition) is 0. The molecule has 0 bridgehead atoms. The van der Waals surface area contributed by atoms with Crippen molar-refractivity contribution in [3.8, 4) is 5.75 Å². The number of fused-ring (bicyclic) bond motifs is 2. The molecule has 2 heterocycles. The highest BCUT2D eigenvalue weighted by Gasteiger charge is 2.25. The van der Waals surface area contributed by atoms with Gasteiger partial charge < -0.3 is 14.1 Å². The first-order chi connectivity index (χ1) is 14.0. The molecule has 150 valence electrons. The SMILES string of the molecule is COc1cccc2cc(C(=O)N(CCN(C)C)c3nc4c(Cl)cccc4s3)oc12. The quantitative estimate of drug-likeness (QED) is 0.435. The van der Waals surface area contributed by atoms with E-state index in [2.05, 4.69) is 4.98 Å². The highest BCUT2D eigenvalue weighted by molar-refractivity contribution is 7.22. The number of ether oxygens (including phenoxy) is 1. The number of likely N-dealkylation sites (N-methyl/N-ethyl adjacent to an activating group) is 1. The normalized spacial score (nSPS) is 11.5. The van der Waals surface area contributed by atoms with Crippen molar-refractivity contribution < 1.29 is 13.9 Å². The molecule has 0 unspecified atom stereocenters. The van der Waals surface area contributed by atoms with E-state index in [-0.39, 0.29) is 11.7 Å². The molecule has 0 fully saturated rings. The number of nitrogens with zero attached hydrogens (tertiary/aromatic N) is 3. The number of benzene rings is 2. The largest absolute Gasteiger partial charge is 0.493 e. The molecular weight excluding hydrogens is 410 g/mol. The number of para-hydroxylation sites is 2. The fraction of sp³-hybridized carbons (Fsp3) is 0.238. The molecule has 6 nitrogen and oxygen atoms in total. The van der Waals surface area contributed by atoms with E-state index < -0.39 is 0 Å². The van der Waals surface area contributed by atoms with Crippen LogP contribution in [-0.4, -0.2) is 50.1 Å². The Balaban J connectivity index is 1.76. The lowest BCUT2D eigenvalue weighted by Crippen LogP contribution is -2.36. The minimum Gasteiger partial charge on any atom is -0.493 e. The van der Waals surface area contributed by atoms with Crippen molar-refractivity contribution in [1.82, 2.24) is 9.88 Å². The van der Waals surface area contributed by atoms with Crippen molar-refractivity contribution in [3.05, 3.63) is 53.2 Å². The summed E-state index contributed by atoms with van der Waals surface area (Å²) in [6.07, 6.45) is 0. The molecule has 0 radical (unpaired) electrons. The Hall–Kier alpha value is -2.61. The maximum atomic E-state index is 13.4. The molecule has 0 atom stereocenters. The Morgan fingerprint density at radius 3 is 2.72 bits per heavy atom. The molecule has 4 aromatic rings. The van der Waals surface area contributed by atoms with Gasteiger partial charge in [0.1, 0.15) is 5.52 Å². The summed E-state index contributed by atoms with van der Waals surface area (Å²) in [5.74, 6) is 0.585. The van der Waals surface area contributed by atoms with Crippen LogP contribution in [0.2, 0.25) is 5.02 Å². The summed E-state index contributed by atoms with van der Waals surface area (Å²) in [6, 6.07) is 12.9. The number of thiazole rings is 1. The molecule has 2 aromatic heterocycles. The number of amides is 1. The van der Waals surface area contributed by atoms with E-state index in [1.807, 2.05) is 43.3 Å². The molecule has 4 rings (SSSR count). The third kappa shape index (κ3) is 3.81. The number of halogens is 1. The number of rotatable bonds is 6. The first-order valence-corrected chi connectivity index (χ1v) is 10.3. The number of carbonyl (C=O) groups excluding carboxylic acids is 1. The van der Waals surface area contributed by atoms with Crippen molar-refractivity contribution in [3.63, 3.8) is 0 Å². The molecule has 0 aliphatic heterocycles. The molecule has 29 heavy (non-hydrogen) atoms. The fourth-order valence-electron chi connectivity index (χ4n) is 3.04. The molecule has 0 aliphatic rings. The van der Waals surface area contributed by atoms with Crippen LogP contribution in [0.1, 0.15) is 10.6 Å². The van der Waals surface area contributed by atoms with Gasteiger partial charge in [-0.05, 0) is 38.4 Å². The monoisotopic (exact) mass is 429 g/mol. The smallest absolute Gasteiger partial charge is 0.295 e. The van der Waals surface area contributed by atoms with E-state index in [0.29, 0.717) is 40.1 Å². The molecule has 0 saturated heterocycles. The molecular formula is C21H20ClN3O3S. The lowest BCUT2D eigenvalue weighted by molar-refractivity contribution is 0.0960. The standard InChI is InChI=1S/C21H20ClN3O3S/c1-24(2)10-11-25(21-23-18-14(22)7-5-9-17(18)29-21)20(26)16-12-13-6-4-8-15(27-3)19(13)28-16/h4-9,12H,10-11H2,1-3H3. The summed E-state index contributed by atoms with van der Waals surface area (Å²) in [5, 5.41) is 1.97. The Morgan fingerprint density at radius 1 is 1.21 bits per heavy atom. The van der Waals surface area contributed by atoms with Gasteiger partial charge in [0.2, 0.25) is 0 Å². The predicted molar refractivity (Wildman–Crippen MR) is 118 cm³/mol. The van der Waals surface area contributed by atoms with Gasteiger partial charge in [0.25, 0.3) is 5.91 Å². The first kappa shape index (κ1) is 19.7. The van der Waals surface area contributed by atoms with Crippen LogP contribution in [-0.2, 0) is 0 Å². The summed E-state index contributed by atoms with van der Waals surface area (Å²) in [7, 11) is 5.50. The Labute approximate surface area is 177 Å². The van der Waals surface area contributed by atoms with Crippen molar-refractivity contribution in [2.75, 3.05) is 39.2 Å². The molecule has 0 saturated carbocycles. The molecule has 0 aliphatic carbocycles. The average molecular weight is 430 g/mol. The third-order valence-electron chi connectivity index (χ3n) is 4.54. The second-order valence-corrected chi connectivity index (χ2v) is 8.25. The molecule has 8 heteroatoms. The van der Waals surface area contributed by atoms with E-state index in [0.717, 1.165) is 10.1 Å². The number of aromatic nitrogens is 1. The lowest BCUT2D eigenvalue weighted by Gasteiger charge is -2.20. The zero-order valence-electron chi connectivity index (χ0n) is 16.3. The van der Waals surface area contributed by atoms with E-state index in [1.165, 1.54) is 11.3 Å². The zero-order valence-corrected chi connectivity index (χ0v) is 17.9. The van der Waals surface area contributed by atoms with Gasteiger partial charge in [0.15, 0.2) is 22.2 Å². The van der Waals surface area contributed by atoms with Gasteiger partial charge in [-0.2, -0.15) is 0 Å². The lowest BCUT2D eigenvalue weighted by atomic mass is 10.2. The van der Waals surface area contributed by atoms with Gasteiger partial charge in [-0.3, -0.25) is 9.69 Å². The van der Waals surface area contributed by atoms with Crippen LogP contribution in [0.15, 0.2) is 46.9 Å². The topological polar surface area (TPSA) is 58.8 Å². The molecule has 1 amide bonds. The van der Waals surface area contributed by atoms with Gasteiger partial charge in [-0.1, -0.05) is 41.1 Å². The Kier molecular flexibility index (Phi) is 5.45. The van der Waals surface area contributed by atoms with Gasteiger partial charge in [-0.25, -0.2) is 4.98 Å². The average Bonchev–Trinajstić information content (AvgIpc) is 3.32. The van der Waals surface area contributed by atoms with Crippen molar-refractivity contribution in [2.24, 2.45) is 0 Å². The molecule has 0 spiro atoms. The maximum absolute atomic E-state index is 13.4. The van der Waals surface area contributed by atoms with Crippen LogP contribution in [0.5, 0.6) is 5.75 Å². The number of carbonyl (C=O) groups is 1. The van der Waals surface area contributed by atoms with E-state index in [1.54, 1.807) is 30.2 Å². The van der Waals surface area contributed by atoms with Gasteiger partial charge in [0, 0.05) is 18.5 Å². The second kappa shape index (κ2) is 8.02. The Morgan fingerprint density at radius 2 is 2.00 bits per heavy atom. The number of methoxy groups -OCH3 is 1. The van der Waals surface area contributed by atoms with Crippen molar-refractivity contribution in [1.29, 1.82) is 0 Å². The zero-order chi connectivity index (χ0) is 20.5. The van der Waals surface area contributed by atoms with Crippen LogP contribution in [0.25, 0.3) is 21.2 Å². The van der Waals surface area contributed by atoms with Crippen molar-refractivity contribution >= 4 is 55.2 Å². The number of anilines is 1. The highest BCUT2D eigenvalue weighted by Crippen LogP contribution is 2.34. The van der Waals surface area contributed by atoms with Crippen molar-refractivity contribution in [2.45, 2.75) is 0 Å². The van der Waals surface area contributed by atoms with Crippen LogP contribution >= 0.6 is 22.9 Å². The molecule has 2 aromatic carbocycles. The van der Waals surface area contributed by atoms with Gasteiger partial charge >= 0.3 is 0 Å². The third-order valence-corrected chi connectivity index (χ3v) is 5.89. The van der Waals surface area contributed by atoms with Crippen LogP contribution in [0, 0.1) is 0 Å². The number of furan rings is 1. The Bertz CT molecular complexity index is 1180. The minimum absolute atomic E-state index is 0.244. The highest BCUT2D eigenvalue weighted by atomic mass is 35.5. The van der Waals surface area contributed by atoms with E-state index >= 15 is 0 Å². The maximum Gasteiger partial charge on any atom is 0.295 e. The summed E-state index contributed by atoms with van der Waals surface area (Å²) in [4.78, 5) is 21.7. The summed E-state index contributed by atoms with van der Waals surface area (Å²) in [5.41, 5.74) is 1.25. The van der Waals surface area contributed by atoms with Gasteiger partial charge in [-0.15, -0.1) is 0 Å². The van der Waals surface area contributed by atoms with Crippen LogP contribution in [0.3, 0.4) is 0 Å².